The van der Waals surface area contributed by atoms with Gasteiger partial charge in [-0.05, 0) is 83.5 Å². The van der Waals surface area contributed by atoms with E-state index in [1.165, 1.54) is 238 Å². The molecule has 1 aliphatic heterocycles. The van der Waals surface area contributed by atoms with E-state index in [-0.39, 0.29) is 12.5 Å². The zero-order chi connectivity index (χ0) is 67.1. The van der Waals surface area contributed by atoms with Gasteiger partial charge >= 0.3 is 0 Å². The topological polar surface area (TPSA) is 149 Å². The van der Waals surface area contributed by atoms with Crippen molar-refractivity contribution in [2.75, 3.05) is 13.2 Å². The van der Waals surface area contributed by atoms with Crippen LogP contribution in [0.25, 0.3) is 0 Å². The summed E-state index contributed by atoms with van der Waals surface area (Å²) in [5.41, 5.74) is 0. The second-order valence-electron chi connectivity index (χ2n) is 27.1. The van der Waals surface area contributed by atoms with Crippen LogP contribution < -0.4 is 5.32 Å². The number of carbonyl (C=O) groups is 1. The van der Waals surface area contributed by atoms with Crippen molar-refractivity contribution in [1.29, 1.82) is 0 Å². The third-order valence-electron chi connectivity index (χ3n) is 18.4. The highest BCUT2D eigenvalue weighted by Crippen LogP contribution is 2.24. The molecule has 0 bridgehead atoms. The van der Waals surface area contributed by atoms with E-state index in [2.05, 4.69) is 129 Å². The lowest BCUT2D eigenvalue weighted by molar-refractivity contribution is -0.302. The van der Waals surface area contributed by atoms with E-state index in [0.29, 0.717) is 12.8 Å². The molecule has 0 aliphatic carbocycles. The Morgan fingerprint density at radius 3 is 0.989 bits per heavy atom. The summed E-state index contributed by atoms with van der Waals surface area (Å²) in [6.07, 6.45) is 98.9. The highest BCUT2D eigenvalue weighted by atomic mass is 16.7. The molecular weight excluding hydrogens is 1150 g/mol. The first kappa shape index (κ1) is 87.9. The number of rotatable bonds is 69. The summed E-state index contributed by atoms with van der Waals surface area (Å²) in [4.78, 5) is 13.2. The number of ether oxygens (including phenoxy) is 2. The number of carbonyl (C=O) groups excluding carboxylic acids is 1. The number of amides is 1. The molecule has 1 heterocycles. The van der Waals surface area contributed by atoms with Gasteiger partial charge in [0.1, 0.15) is 24.4 Å². The molecule has 9 nitrogen and oxygen atoms in total. The highest BCUT2D eigenvalue weighted by Gasteiger charge is 2.44. The van der Waals surface area contributed by atoms with Gasteiger partial charge in [-0.15, -0.1) is 0 Å². The van der Waals surface area contributed by atoms with E-state index >= 15 is 0 Å². The molecule has 7 unspecified atom stereocenters. The lowest BCUT2D eigenvalue weighted by Gasteiger charge is -2.40. The van der Waals surface area contributed by atoms with Gasteiger partial charge in [0.05, 0.1) is 25.4 Å². The Kier molecular flexibility index (Phi) is 67.7. The quantitative estimate of drug-likeness (QED) is 0.0261. The Hall–Kier alpha value is -3.15. The molecular formula is C84H149NO8. The van der Waals surface area contributed by atoms with E-state index in [1.54, 1.807) is 0 Å². The molecule has 0 aromatic carbocycles. The molecule has 0 aromatic rings. The smallest absolute Gasteiger partial charge is 0.220 e. The van der Waals surface area contributed by atoms with Crippen molar-refractivity contribution in [3.8, 4) is 0 Å². The average molecular weight is 1300 g/mol. The van der Waals surface area contributed by atoms with E-state index in [9.17, 15) is 30.3 Å². The molecule has 0 radical (unpaired) electrons. The molecule has 538 valence electrons. The fourth-order valence-corrected chi connectivity index (χ4v) is 12.3. The van der Waals surface area contributed by atoms with Crippen molar-refractivity contribution in [2.24, 2.45) is 0 Å². The Morgan fingerprint density at radius 1 is 0.376 bits per heavy atom. The lowest BCUT2D eigenvalue weighted by Crippen LogP contribution is -2.60. The minimum Gasteiger partial charge on any atom is -0.394 e. The van der Waals surface area contributed by atoms with E-state index in [0.717, 1.165) is 96.3 Å². The molecule has 9 heteroatoms. The molecule has 93 heavy (non-hydrogen) atoms. The number of nitrogens with one attached hydrogen (secondary N) is 1. The summed E-state index contributed by atoms with van der Waals surface area (Å²) < 4.78 is 11.4. The summed E-state index contributed by atoms with van der Waals surface area (Å²) in [5, 5.41) is 55.1. The standard InChI is InChI=1S/C84H149NO8/c1-3-5-7-9-11-13-15-17-19-21-23-25-27-29-31-33-34-35-36-37-38-39-40-41-42-43-44-46-48-50-52-54-56-58-60-62-64-66-68-70-72-74-80(88)85-77(76-92-84-83(91)82(90)81(89)79(75-86)93-84)78(87)73-71-69-67-65-63-61-59-57-55-53-51-49-47-45-32-30-28-26-24-22-20-18-16-14-12-10-8-6-4-2/h5,7,11,13,17,19,23,25,29,31,34-35,37-38,40-41,43-44,77-79,81-84,86-87,89-91H,3-4,6,8-10,12,14-16,18,20-22,24,26-28,30,32-33,36,39,42,45-76H2,1-2H3,(H,85,88)/b7-5-,13-11-,19-17-,25-23-,31-29-,35-34-,38-37-,41-40-,44-43-. The number of hydrogen-bond donors (Lipinski definition) is 6. The lowest BCUT2D eigenvalue weighted by atomic mass is 9.99. The number of unbranched alkanes of at least 4 members (excludes halogenated alkanes) is 41. The number of allylic oxidation sites excluding steroid dienone is 18. The molecule has 1 amide bonds. The van der Waals surface area contributed by atoms with Gasteiger partial charge in [-0.2, -0.15) is 0 Å². The Bertz CT molecular complexity index is 1850. The van der Waals surface area contributed by atoms with E-state index in [4.69, 9.17) is 9.47 Å². The van der Waals surface area contributed by atoms with E-state index in [1.807, 2.05) is 0 Å². The zero-order valence-electron chi connectivity index (χ0n) is 60.5. The number of hydrogen-bond acceptors (Lipinski definition) is 8. The minimum atomic E-state index is -1.56. The maximum Gasteiger partial charge on any atom is 0.220 e. The predicted molar refractivity (Wildman–Crippen MR) is 401 cm³/mol. The van der Waals surface area contributed by atoms with Crippen molar-refractivity contribution in [1.82, 2.24) is 5.32 Å². The van der Waals surface area contributed by atoms with Gasteiger partial charge in [0.15, 0.2) is 6.29 Å². The van der Waals surface area contributed by atoms with Crippen molar-refractivity contribution >= 4 is 5.91 Å². The number of aliphatic hydroxyl groups excluding tert-OH is 5. The van der Waals surface area contributed by atoms with Crippen LogP contribution in [0.4, 0.5) is 0 Å². The Balaban J connectivity index is 2.08. The van der Waals surface area contributed by atoms with Gasteiger partial charge < -0.3 is 40.3 Å². The molecule has 0 saturated carbocycles. The molecule has 1 aliphatic rings. The normalized spacial score (nSPS) is 18.2. The van der Waals surface area contributed by atoms with Crippen molar-refractivity contribution in [3.63, 3.8) is 0 Å². The van der Waals surface area contributed by atoms with Crippen LogP contribution in [0.3, 0.4) is 0 Å². The van der Waals surface area contributed by atoms with Crippen molar-refractivity contribution < 1.29 is 39.8 Å². The van der Waals surface area contributed by atoms with Crippen LogP contribution in [0.1, 0.15) is 361 Å². The summed E-state index contributed by atoms with van der Waals surface area (Å²) in [6.45, 7) is 3.76. The molecule has 7 atom stereocenters. The summed E-state index contributed by atoms with van der Waals surface area (Å²) in [5.74, 6) is -0.144. The maximum atomic E-state index is 13.2. The van der Waals surface area contributed by atoms with Gasteiger partial charge in [-0.25, -0.2) is 0 Å². The van der Waals surface area contributed by atoms with Gasteiger partial charge in [0.25, 0.3) is 0 Å². The third kappa shape index (κ3) is 59.8. The van der Waals surface area contributed by atoms with Crippen molar-refractivity contribution in [2.45, 2.75) is 403 Å². The fourth-order valence-electron chi connectivity index (χ4n) is 12.3. The third-order valence-corrected chi connectivity index (χ3v) is 18.4. The maximum absolute atomic E-state index is 13.2. The molecule has 1 rings (SSSR count). The van der Waals surface area contributed by atoms with Gasteiger partial charge in [0.2, 0.25) is 5.91 Å². The first-order valence-corrected chi connectivity index (χ1v) is 39.6. The minimum absolute atomic E-state index is 0.140. The Labute approximate surface area is 574 Å². The summed E-state index contributed by atoms with van der Waals surface area (Å²) >= 11 is 0. The first-order valence-electron chi connectivity index (χ1n) is 39.6. The van der Waals surface area contributed by atoms with E-state index < -0.39 is 49.5 Å². The Morgan fingerprint density at radius 2 is 0.667 bits per heavy atom. The average Bonchev–Trinajstić information content (AvgIpc) is 1.00. The van der Waals surface area contributed by atoms with Crippen LogP contribution in [0.5, 0.6) is 0 Å². The zero-order valence-corrected chi connectivity index (χ0v) is 60.5. The SMILES string of the molecule is CC/C=C\C/C=C\C/C=C\C/C=C\C/C=C\C/C=C\C/C=C\C/C=C\C/C=C\CCCCCCCCCCCCCCCC(=O)NC(COC1OC(CO)C(O)C(O)C1O)C(O)CCCCCCCCCCCCCCCCCCCCCCCCCCCCCCC. The molecule has 1 fully saturated rings. The summed E-state index contributed by atoms with van der Waals surface area (Å²) in [6, 6.07) is -0.728. The molecule has 1 saturated heterocycles. The second kappa shape index (κ2) is 71.6. The van der Waals surface area contributed by atoms with Crippen LogP contribution in [0.15, 0.2) is 109 Å². The van der Waals surface area contributed by atoms with Crippen LogP contribution in [0, 0.1) is 0 Å². The monoisotopic (exact) mass is 1300 g/mol. The molecule has 0 spiro atoms. The van der Waals surface area contributed by atoms with Crippen LogP contribution in [0.2, 0.25) is 0 Å². The largest absolute Gasteiger partial charge is 0.394 e. The molecule has 0 aromatic heterocycles. The first-order chi connectivity index (χ1) is 45.8. The van der Waals surface area contributed by atoms with Crippen LogP contribution in [-0.2, 0) is 14.3 Å². The summed E-state index contributed by atoms with van der Waals surface area (Å²) in [7, 11) is 0. The van der Waals surface area contributed by atoms with Gasteiger partial charge in [-0.3, -0.25) is 4.79 Å². The predicted octanol–water partition coefficient (Wildman–Crippen LogP) is 22.8. The fraction of sp³-hybridized carbons (Fsp3) is 0.774. The number of aliphatic hydroxyl groups is 5. The molecule has 6 N–H and O–H groups in total. The highest BCUT2D eigenvalue weighted by molar-refractivity contribution is 5.76. The van der Waals surface area contributed by atoms with Crippen LogP contribution in [-0.4, -0.2) is 87.5 Å². The second-order valence-corrected chi connectivity index (χ2v) is 27.1. The van der Waals surface area contributed by atoms with Crippen molar-refractivity contribution in [3.05, 3.63) is 109 Å². The van der Waals surface area contributed by atoms with Gasteiger partial charge in [-0.1, -0.05) is 380 Å². The van der Waals surface area contributed by atoms with Crippen LogP contribution >= 0.6 is 0 Å². The van der Waals surface area contributed by atoms with Gasteiger partial charge in [0, 0.05) is 6.42 Å².